The first kappa shape index (κ1) is 44.3. The van der Waals surface area contributed by atoms with Gasteiger partial charge >= 0.3 is 12.2 Å². The third-order valence-corrected chi connectivity index (χ3v) is 11.1. The number of benzene rings is 2. The molecule has 3 aliphatic rings. The molecule has 14 heteroatoms. The quantitative estimate of drug-likeness (QED) is 0.0768. The van der Waals surface area contributed by atoms with Crippen LogP contribution in [0, 0.1) is 23.2 Å². The predicted molar refractivity (Wildman–Crippen MR) is 220 cm³/mol. The van der Waals surface area contributed by atoms with Crippen LogP contribution < -0.4 is 24.3 Å². The van der Waals surface area contributed by atoms with Gasteiger partial charge in [-0.25, -0.2) is 9.59 Å². The highest BCUT2D eigenvalue weighted by Gasteiger charge is 2.65. The van der Waals surface area contributed by atoms with E-state index in [1.54, 1.807) is 55.5 Å². The van der Waals surface area contributed by atoms with E-state index >= 15 is 0 Å². The van der Waals surface area contributed by atoms with Crippen molar-refractivity contribution >= 4 is 23.6 Å². The maximum Gasteiger partial charge on any atom is 0.417 e. The Balaban J connectivity index is 1.66. The Bertz CT molecular complexity index is 1810. The fourth-order valence-electron chi connectivity index (χ4n) is 8.55. The van der Waals surface area contributed by atoms with Gasteiger partial charge in [-0.05, 0) is 78.8 Å². The normalized spacial score (nSPS) is 24.0. The highest BCUT2D eigenvalue weighted by molar-refractivity contribution is 6.03. The van der Waals surface area contributed by atoms with Crippen molar-refractivity contribution in [3.63, 3.8) is 0 Å². The molecule has 2 aromatic rings. The van der Waals surface area contributed by atoms with Gasteiger partial charge in [0.25, 0.3) is 0 Å². The van der Waals surface area contributed by atoms with E-state index in [2.05, 4.69) is 23.1 Å². The highest BCUT2D eigenvalue weighted by atomic mass is 16.7. The smallest absolute Gasteiger partial charge is 0.417 e. The third kappa shape index (κ3) is 9.90. The number of carbonyl (C=O) groups is 2. The van der Waals surface area contributed by atoms with Crippen LogP contribution in [0.1, 0.15) is 77.2 Å². The van der Waals surface area contributed by atoms with Crippen molar-refractivity contribution in [1.82, 2.24) is 4.90 Å². The van der Waals surface area contributed by atoms with Crippen LogP contribution in [0.3, 0.4) is 0 Å². The number of hydrogen-bond acceptors (Lipinski definition) is 12. The van der Waals surface area contributed by atoms with Crippen molar-refractivity contribution in [3.8, 4) is 23.0 Å². The van der Waals surface area contributed by atoms with Gasteiger partial charge in [0.2, 0.25) is 5.79 Å². The second-order valence-corrected chi connectivity index (χ2v) is 16.3. The summed E-state index contributed by atoms with van der Waals surface area (Å²) in [6.07, 6.45) is 7.26. The average molecular weight is 808 g/mol. The molecule has 3 N–H and O–H groups in total. The largest absolute Gasteiger partial charge is 0.497 e. The Morgan fingerprint density at radius 2 is 1.74 bits per heavy atom. The number of aliphatic hydroxyl groups is 2. The van der Waals surface area contributed by atoms with E-state index in [-0.39, 0.29) is 61.8 Å². The Hall–Kier alpha value is -4.79. The maximum absolute atomic E-state index is 13.9. The Kier molecular flexibility index (Phi) is 15.1. The summed E-state index contributed by atoms with van der Waals surface area (Å²) in [5, 5.41) is 27.0. The minimum atomic E-state index is -1.43. The van der Waals surface area contributed by atoms with E-state index in [9.17, 15) is 19.8 Å². The van der Waals surface area contributed by atoms with Crippen LogP contribution in [0.2, 0.25) is 0 Å². The van der Waals surface area contributed by atoms with Crippen molar-refractivity contribution in [3.05, 3.63) is 66.3 Å². The first-order valence-corrected chi connectivity index (χ1v) is 20.1. The maximum atomic E-state index is 13.9. The lowest BCUT2D eigenvalue weighted by Gasteiger charge is -2.59. The van der Waals surface area contributed by atoms with Crippen molar-refractivity contribution < 1.29 is 53.1 Å². The third-order valence-electron chi connectivity index (χ3n) is 11.1. The molecule has 1 saturated carbocycles. The number of likely N-dealkylation sites (N-methyl/N-ethyl adjacent to an activating group) is 1. The minimum absolute atomic E-state index is 0.0123. The predicted octanol–water partition coefficient (Wildman–Crippen LogP) is 7.69. The van der Waals surface area contributed by atoms with Crippen molar-refractivity contribution in [2.75, 3.05) is 60.1 Å². The SMILES string of the molecule is C=CCO[C@@]12Oc3ccc(OC(=O)Nc4ccc(OC)cc4OC)cc3[C@H]3[C@H](CCCCO)[C@@H](CCCCO)C=C(C(=NOC)C[C@@H]1N(C)C(=O)OCC(C)(C)C)[C@H]32. The Morgan fingerprint density at radius 3 is 2.40 bits per heavy atom. The van der Waals surface area contributed by atoms with Gasteiger partial charge in [-0.3, -0.25) is 5.32 Å². The number of carbonyl (C=O) groups excluding carboxylic acids is 2. The molecule has 0 bridgehead atoms. The van der Waals surface area contributed by atoms with Crippen LogP contribution >= 0.6 is 0 Å². The first-order chi connectivity index (χ1) is 27.8. The number of unbranched alkanes of at least 4 members (excludes halogenated alkanes) is 2. The summed E-state index contributed by atoms with van der Waals surface area (Å²) < 4.78 is 36.5. The molecular formula is C44H61N3O11. The number of nitrogens with zero attached hydrogens (tertiary/aromatic N) is 2. The molecule has 318 valence electrons. The summed E-state index contributed by atoms with van der Waals surface area (Å²) in [6, 6.07) is 9.59. The molecule has 1 heterocycles. The molecule has 6 atom stereocenters. The zero-order chi connectivity index (χ0) is 42.0. The van der Waals surface area contributed by atoms with Gasteiger partial charge in [0, 0.05) is 44.2 Å². The van der Waals surface area contributed by atoms with Gasteiger partial charge in [0.15, 0.2) is 0 Å². The van der Waals surface area contributed by atoms with Gasteiger partial charge in [-0.1, -0.05) is 50.9 Å². The van der Waals surface area contributed by atoms with Crippen molar-refractivity contribution in [2.45, 2.75) is 83.5 Å². The fourth-order valence-corrected chi connectivity index (χ4v) is 8.55. The average Bonchev–Trinajstić information content (AvgIpc) is 3.20. The Labute approximate surface area is 342 Å². The number of fused-ring (bicyclic) bond motifs is 2. The number of rotatable bonds is 18. The van der Waals surface area contributed by atoms with Crippen LogP contribution in [0.15, 0.2) is 65.9 Å². The van der Waals surface area contributed by atoms with Crippen LogP contribution in [-0.4, -0.2) is 99.6 Å². The van der Waals surface area contributed by atoms with Gasteiger partial charge in [0.05, 0.1) is 44.8 Å². The molecule has 0 aromatic heterocycles. The first-order valence-electron chi connectivity index (χ1n) is 20.1. The lowest BCUT2D eigenvalue weighted by atomic mass is 9.55. The Morgan fingerprint density at radius 1 is 1.02 bits per heavy atom. The lowest BCUT2D eigenvalue weighted by Crippen LogP contribution is -2.69. The molecule has 1 aliphatic heterocycles. The topological polar surface area (TPSA) is 167 Å². The second-order valence-electron chi connectivity index (χ2n) is 16.3. The molecule has 58 heavy (non-hydrogen) atoms. The molecule has 1 fully saturated rings. The number of allylic oxidation sites excluding steroid dienone is 1. The van der Waals surface area contributed by atoms with E-state index in [1.807, 2.05) is 26.8 Å². The number of ether oxygens (including phenoxy) is 6. The van der Waals surface area contributed by atoms with Crippen LogP contribution in [0.25, 0.3) is 0 Å². The number of methoxy groups -OCH3 is 2. The standard InChI is InChI=1S/C44H61N3O11/c1-9-22-56-44-38(47(5)42(51)55-27-43(2,3)4)26-35(46-54-8)32-23-28(14-10-12-20-48)31(15-11-13-21-49)39(40(32)44)33-24-30(17-19-36(33)58-44)57-41(50)45-34-18-16-29(52-6)25-37(34)53-7/h9,16-19,23-25,28,31,38-40,48-49H,1,10-15,20-22,26-27H2,2-8H3,(H,45,50)/t28-,31+,38-,39+,40+,44+/m0/s1. The summed E-state index contributed by atoms with van der Waals surface area (Å²) in [5.74, 6) is -0.460. The van der Waals surface area contributed by atoms with E-state index < -0.39 is 29.9 Å². The molecular weight excluding hydrogens is 746 g/mol. The number of amides is 2. The number of aliphatic hydroxyl groups excluding tert-OH is 2. The molecule has 5 rings (SSSR count). The summed E-state index contributed by atoms with van der Waals surface area (Å²) >= 11 is 0. The summed E-state index contributed by atoms with van der Waals surface area (Å²) in [7, 11) is 6.23. The van der Waals surface area contributed by atoms with E-state index in [1.165, 1.54) is 14.2 Å². The summed E-state index contributed by atoms with van der Waals surface area (Å²) in [5.41, 5.74) is 2.48. The molecule has 2 aliphatic carbocycles. The minimum Gasteiger partial charge on any atom is -0.497 e. The van der Waals surface area contributed by atoms with Gasteiger partial charge in [-0.2, -0.15) is 0 Å². The highest BCUT2D eigenvalue weighted by Crippen LogP contribution is 2.61. The monoisotopic (exact) mass is 807 g/mol. The van der Waals surface area contributed by atoms with E-state index in [0.29, 0.717) is 41.5 Å². The summed E-state index contributed by atoms with van der Waals surface area (Å²) in [4.78, 5) is 34.3. The molecule has 0 saturated heterocycles. The fraction of sp³-hybridized carbons (Fsp3) is 0.568. The van der Waals surface area contributed by atoms with Crippen LogP contribution in [-0.2, 0) is 14.3 Å². The van der Waals surface area contributed by atoms with Crippen molar-refractivity contribution in [1.29, 1.82) is 0 Å². The molecule has 2 amide bonds. The molecule has 2 aromatic carbocycles. The van der Waals surface area contributed by atoms with Crippen LogP contribution in [0.5, 0.6) is 23.0 Å². The second kappa shape index (κ2) is 19.8. The van der Waals surface area contributed by atoms with Gasteiger partial charge in [-0.15, -0.1) is 6.58 Å². The lowest BCUT2D eigenvalue weighted by molar-refractivity contribution is -0.253. The van der Waals surface area contributed by atoms with Crippen LogP contribution in [0.4, 0.5) is 15.3 Å². The molecule has 0 spiro atoms. The van der Waals surface area contributed by atoms with Crippen molar-refractivity contribution in [2.24, 2.45) is 28.3 Å². The van der Waals surface area contributed by atoms with E-state index in [4.69, 9.17) is 33.3 Å². The van der Waals surface area contributed by atoms with Gasteiger partial charge < -0.3 is 48.4 Å². The zero-order valence-corrected chi connectivity index (χ0v) is 35.0. The number of oxime groups is 1. The summed E-state index contributed by atoms with van der Waals surface area (Å²) in [6.45, 7) is 10.4. The number of anilines is 1. The molecule has 0 unspecified atom stereocenters. The van der Waals surface area contributed by atoms with E-state index in [0.717, 1.165) is 36.8 Å². The number of nitrogens with one attached hydrogen (secondary N) is 1. The van der Waals surface area contributed by atoms with Gasteiger partial charge in [0.1, 0.15) is 36.1 Å². The zero-order valence-electron chi connectivity index (χ0n) is 35.0. The molecule has 14 nitrogen and oxygen atoms in total. The number of hydrogen-bond donors (Lipinski definition) is 3. The molecule has 0 radical (unpaired) electrons.